The molecule has 0 atom stereocenters. The van der Waals surface area contributed by atoms with Gasteiger partial charge in [-0.1, -0.05) is 0 Å². The van der Waals surface area contributed by atoms with E-state index in [-0.39, 0.29) is 10.4 Å². The van der Waals surface area contributed by atoms with E-state index in [9.17, 15) is 9.18 Å². The third kappa shape index (κ3) is 3.07. The van der Waals surface area contributed by atoms with Crippen molar-refractivity contribution >= 4 is 21.8 Å². The van der Waals surface area contributed by atoms with Gasteiger partial charge in [0.25, 0.3) is 5.91 Å². The number of carbonyl (C=O) groups excluding carboxylic acids is 1. The molecule has 0 saturated carbocycles. The van der Waals surface area contributed by atoms with Crippen LogP contribution in [0.3, 0.4) is 0 Å². The lowest BCUT2D eigenvalue weighted by molar-refractivity contribution is 0.0912. The van der Waals surface area contributed by atoms with Crippen molar-refractivity contribution in [1.29, 1.82) is 0 Å². The van der Waals surface area contributed by atoms with Crippen LogP contribution < -0.4 is 5.32 Å². The summed E-state index contributed by atoms with van der Waals surface area (Å²) in [4.78, 5) is 12.2. The van der Waals surface area contributed by atoms with Crippen LogP contribution in [0.5, 0.6) is 0 Å². The molecular weight excluding hydrogens is 325 g/mol. The van der Waals surface area contributed by atoms with E-state index in [1.807, 2.05) is 27.1 Å². The fourth-order valence-corrected chi connectivity index (χ4v) is 2.19. The molecule has 0 bridgehead atoms. The van der Waals surface area contributed by atoms with Crippen LogP contribution in [-0.2, 0) is 12.6 Å². The number of benzene rings is 1. The topological polar surface area (TPSA) is 46.9 Å². The number of aromatic nitrogens is 2. The molecule has 0 aliphatic carbocycles. The van der Waals surface area contributed by atoms with Crippen LogP contribution in [0.1, 0.15) is 29.8 Å². The number of nitrogens with zero attached hydrogens (tertiary/aromatic N) is 2. The van der Waals surface area contributed by atoms with Crippen molar-refractivity contribution < 1.29 is 9.18 Å². The Bertz CT molecular complexity index is 652. The molecule has 0 fully saturated rings. The molecule has 106 valence electrons. The lowest BCUT2D eigenvalue weighted by Gasteiger charge is -2.25. The highest BCUT2D eigenvalue weighted by atomic mass is 79.9. The number of nitrogens with one attached hydrogen (secondary N) is 1. The minimum atomic E-state index is -0.563. The zero-order valence-corrected chi connectivity index (χ0v) is 13.0. The molecular formula is C14H15BrFN3O. The van der Waals surface area contributed by atoms with Gasteiger partial charge < -0.3 is 5.32 Å². The van der Waals surface area contributed by atoms with E-state index >= 15 is 0 Å². The summed E-state index contributed by atoms with van der Waals surface area (Å²) in [6.07, 6.45) is 3.56. The summed E-state index contributed by atoms with van der Waals surface area (Å²) in [5.41, 5.74) is 0.733. The molecule has 4 nitrogen and oxygen atoms in total. The summed E-state index contributed by atoms with van der Waals surface area (Å²) in [5.74, 6) is -0.660. The molecule has 2 aromatic rings. The number of hydrogen-bond donors (Lipinski definition) is 1. The zero-order chi connectivity index (χ0) is 14.9. The third-order valence-electron chi connectivity index (χ3n) is 3.03. The Morgan fingerprint density at radius 3 is 2.70 bits per heavy atom. The van der Waals surface area contributed by atoms with E-state index in [1.54, 1.807) is 10.9 Å². The van der Waals surface area contributed by atoms with Crippen LogP contribution >= 0.6 is 15.9 Å². The van der Waals surface area contributed by atoms with Gasteiger partial charge in [0.15, 0.2) is 0 Å². The van der Waals surface area contributed by atoms with Gasteiger partial charge in [0.1, 0.15) is 5.82 Å². The molecule has 6 heteroatoms. The maximum atomic E-state index is 13.2. The predicted molar refractivity (Wildman–Crippen MR) is 77.8 cm³/mol. The van der Waals surface area contributed by atoms with E-state index in [1.165, 1.54) is 18.2 Å². The second-order valence-corrected chi connectivity index (χ2v) is 5.97. The highest BCUT2D eigenvalue weighted by Gasteiger charge is 2.25. The Labute approximate surface area is 125 Å². The fraction of sp³-hybridized carbons (Fsp3) is 0.286. The molecule has 0 radical (unpaired) electrons. The van der Waals surface area contributed by atoms with Gasteiger partial charge >= 0.3 is 0 Å². The Morgan fingerprint density at radius 2 is 2.15 bits per heavy atom. The maximum Gasteiger partial charge on any atom is 0.251 e. The number of hydrogen-bond acceptors (Lipinski definition) is 2. The maximum absolute atomic E-state index is 13.2. The van der Waals surface area contributed by atoms with Gasteiger partial charge in [0.2, 0.25) is 0 Å². The normalized spacial score (nSPS) is 11.4. The van der Waals surface area contributed by atoms with Crippen LogP contribution in [0.25, 0.3) is 0 Å². The predicted octanol–water partition coefficient (Wildman–Crippen LogP) is 2.99. The molecule has 1 heterocycles. The molecule has 0 unspecified atom stereocenters. The van der Waals surface area contributed by atoms with Gasteiger partial charge in [-0.15, -0.1) is 0 Å². The summed E-state index contributed by atoms with van der Waals surface area (Å²) >= 11 is 3.07. The van der Waals surface area contributed by atoms with Crippen molar-refractivity contribution in [1.82, 2.24) is 15.1 Å². The number of aryl methyl sites for hydroxylation is 1. The second kappa shape index (κ2) is 5.36. The van der Waals surface area contributed by atoms with E-state index in [0.717, 1.165) is 5.56 Å². The largest absolute Gasteiger partial charge is 0.343 e. The smallest absolute Gasteiger partial charge is 0.251 e. The van der Waals surface area contributed by atoms with Gasteiger partial charge in [-0.3, -0.25) is 9.48 Å². The number of rotatable bonds is 3. The first-order valence-electron chi connectivity index (χ1n) is 6.06. The average molecular weight is 340 g/mol. The van der Waals surface area contributed by atoms with Gasteiger partial charge in [0.05, 0.1) is 16.2 Å². The van der Waals surface area contributed by atoms with Crippen LogP contribution in [-0.4, -0.2) is 15.7 Å². The van der Waals surface area contributed by atoms with Crippen LogP contribution in [0, 0.1) is 5.82 Å². The molecule has 1 amide bonds. The average Bonchev–Trinajstić information content (AvgIpc) is 2.79. The first-order valence-corrected chi connectivity index (χ1v) is 6.85. The Kier molecular flexibility index (Phi) is 3.94. The van der Waals surface area contributed by atoms with Gasteiger partial charge in [-0.05, 0) is 48.0 Å². The fourth-order valence-electron chi connectivity index (χ4n) is 1.81. The molecule has 1 aromatic carbocycles. The number of amides is 1. The Balaban J connectivity index is 2.20. The zero-order valence-electron chi connectivity index (χ0n) is 11.4. The van der Waals surface area contributed by atoms with Crippen LogP contribution in [0.15, 0.2) is 35.1 Å². The molecule has 0 aliphatic heterocycles. The SMILES string of the molecule is Cn1cc(C(C)(C)NC(=O)c2ccc(F)c(Br)c2)cn1. The summed E-state index contributed by atoms with van der Waals surface area (Å²) in [6.45, 7) is 3.78. The van der Waals surface area contributed by atoms with Crippen LogP contribution in [0.2, 0.25) is 0 Å². The second-order valence-electron chi connectivity index (χ2n) is 5.11. The minimum absolute atomic E-state index is 0.264. The van der Waals surface area contributed by atoms with Crippen molar-refractivity contribution in [2.45, 2.75) is 19.4 Å². The summed E-state index contributed by atoms with van der Waals surface area (Å²) in [5, 5.41) is 7.01. The number of halogens is 2. The minimum Gasteiger partial charge on any atom is -0.343 e. The number of carbonyl (C=O) groups is 1. The lowest BCUT2D eigenvalue weighted by Crippen LogP contribution is -2.40. The highest BCUT2D eigenvalue weighted by Crippen LogP contribution is 2.21. The highest BCUT2D eigenvalue weighted by molar-refractivity contribution is 9.10. The van der Waals surface area contributed by atoms with Crippen molar-refractivity contribution in [3.63, 3.8) is 0 Å². The Hall–Kier alpha value is -1.69. The Morgan fingerprint density at radius 1 is 1.45 bits per heavy atom. The molecule has 0 spiro atoms. The lowest BCUT2D eigenvalue weighted by atomic mass is 9.97. The van der Waals surface area contributed by atoms with Gasteiger partial charge in [-0.2, -0.15) is 5.10 Å². The quantitative estimate of drug-likeness (QED) is 0.934. The third-order valence-corrected chi connectivity index (χ3v) is 3.64. The van der Waals surface area contributed by atoms with Gasteiger partial charge in [0, 0.05) is 24.4 Å². The molecule has 20 heavy (non-hydrogen) atoms. The summed E-state index contributed by atoms with van der Waals surface area (Å²) in [6, 6.07) is 4.18. The van der Waals surface area contributed by atoms with E-state index in [0.29, 0.717) is 5.56 Å². The van der Waals surface area contributed by atoms with Crippen molar-refractivity contribution in [3.8, 4) is 0 Å². The van der Waals surface area contributed by atoms with E-state index in [4.69, 9.17) is 0 Å². The van der Waals surface area contributed by atoms with E-state index < -0.39 is 11.4 Å². The first kappa shape index (κ1) is 14.7. The molecule has 1 aromatic heterocycles. The van der Waals surface area contributed by atoms with Crippen LogP contribution in [0.4, 0.5) is 4.39 Å². The summed E-state index contributed by atoms with van der Waals surface area (Å²) in [7, 11) is 1.82. The van der Waals surface area contributed by atoms with Crippen molar-refractivity contribution in [2.24, 2.45) is 7.05 Å². The van der Waals surface area contributed by atoms with Gasteiger partial charge in [-0.25, -0.2) is 4.39 Å². The molecule has 1 N–H and O–H groups in total. The van der Waals surface area contributed by atoms with E-state index in [2.05, 4.69) is 26.3 Å². The molecule has 0 saturated heterocycles. The molecule has 2 rings (SSSR count). The standard InChI is InChI=1S/C14H15BrFN3O/c1-14(2,10-7-17-19(3)8-10)18-13(20)9-4-5-12(16)11(15)6-9/h4-8H,1-3H3,(H,18,20). The summed E-state index contributed by atoms with van der Waals surface area (Å²) < 4.78 is 15.1. The molecule has 0 aliphatic rings. The first-order chi connectivity index (χ1) is 9.29. The monoisotopic (exact) mass is 339 g/mol. The van der Waals surface area contributed by atoms with Crippen molar-refractivity contribution in [3.05, 3.63) is 52.0 Å². The van der Waals surface area contributed by atoms with Crippen molar-refractivity contribution in [2.75, 3.05) is 0 Å².